The Bertz CT molecular complexity index is 346. The van der Waals surface area contributed by atoms with Crippen LogP contribution in [-0.2, 0) is 4.79 Å². The maximum absolute atomic E-state index is 12.4. The van der Waals surface area contributed by atoms with Gasteiger partial charge in [0.25, 0.3) is 0 Å². The Morgan fingerprint density at radius 1 is 1.47 bits per heavy atom. The number of fused-ring (bicyclic) bond motifs is 1. The summed E-state index contributed by atoms with van der Waals surface area (Å²) in [6, 6.07) is 0. The number of rotatable bonds is 2. The third-order valence-corrected chi connectivity index (χ3v) is 4.45. The van der Waals surface area contributed by atoms with Gasteiger partial charge in [-0.3, -0.25) is 4.79 Å². The van der Waals surface area contributed by atoms with Gasteiger partial charge >= 0.3 is 0 Å². The van der Waals surface area contributed by atoms with Crippen molar-refractivity contribution in [3.8, 4) is 0 Å². The highest BCUT2D eigenvalue weighted by atomic mass is 16.2. The van der Waals surface area contributed by atoms with Gasteiger partial charge in [-0.25, -0.2) is 0 Å². The van der Waals surface area contributed by atoms with E-state index >= 15 is 0 Å². The maximum atomic E-state index is 12.4. The van der Waals surface area contributed by atoms with E-state index in [9.17, 15) is 4.79 Å². The van der Waals surface area contributed by atoms with Gasteiger partial charge in [-0.1, -0.05) is 13.0 Å². The summed E-state index contributed by atoms with van der Waals surface area (Å²) in [4.78, 5) is 14.5. The average Bonchev–Trinajstić information content (AvgIpc) is 2.81. The molecule has 1 amide bonds. The molecule has 96 valence electrons. The zero-order valence-corrected chi connectivity index (χ0v) is 11.4. The van der Waals surface area contributed by atoms with Crippen molar-refractivity contribution in [1.82, 2.24) is 10.2 Å². The first-order valence-corrected chi connectivity index (χ1v) is 6.68. The fourth-order valence-electron chi connectivity index (χ4n) is 3.37. The zero-order chi connectivity index (χ0) is 12.6. The number of amides is 1. The van der Waals surface area contributed by atoms with E-state index in [-0.39, 0.29) is 11.4 Å². The van der Waals surface area contributed by atoms with Gasteiger partial charge in [0.15, 0.2) is 0 Å². The monoisotopic (exact) mass is 236 g/mol. The molecule has 0 bridgehead atoms. The Morgan fingerprint density at radius 3 is 2.76 bits per heavy atom. The second-order valence-corrected chi connectivity index (χ2v) is 5.89. The standard InChI is InChI=1S/C14H24N2O/c1-5-6-10(2)13(17)16-9-11-7-15-8-12(11)14(16,3)4/h6,11-12,15H,5,7-9H2,1-4H3. The first-order valence-electron chi connectivity index (χ1n) is 6.68. The predicted octanol–water partition coefficient (Wildman–Crippen LogP) is 1.80. The molecular weight excluding hydrogens is 212 g/mol. The van der Waals surface area contributed by atoms with Crippen molar-refractivity contribution in [3.63, 3.8) is 0 Å². The van der Waals surface area contributed by atoms with E-state index in [1.807, 2.05) is 13.0 Å². The van der Waals surface area contributed by atoms with Gasteiger partial charge in [-0.15, -0.1) is 0 Å². The molecule has 3 heteroatoms. The molecule has 2 aliphatic heterocycles. The number of hydrogen-bond donors (Lipinski definition) is 1. The molecule has 0 aromatic carbocycles. The molecule has 2 fully saturated rings. The minimum Gasteiger partial charge on any atom is -0.333 e. The van der Waals surface area contributed by atoms with E-state index in [1.165, 1.54) is 0 Å². The van der Waals surface area contributed by atoms with Gasteiger partial charge in [0.05, 0.1) is 0 Å². The van der Waals surface area contributed by atoms with Crippen LogP contribution in [0.25, 0.3) is 0 Å². The van der Waals surface area contributed by atoms with Crippen molar-refractivity contribution in [2.45, 2.75) is 39.7 Å². The van der Waals surface area contributed by atoms with Gasteiger partial charge in [0, 0.05) is 30.7 Å². The van der Waals surface area contributed by atoms with Gasteiger partial charge < -0.3 is 10.2 Å². The summed E-state index contributed by atoms with van der Waals surface area (Å²) in [5.41, 5.74) is 0.891. The van der Waals surface area contributed by atoms with Crippen LogP contribution in [0.15, 0.2) is 11.6 Å². The topological polar surface area (TPSA) is 32.3 Å². The number of nitrogens with zero attached hydrogens (tertiary/aromatic N) is 1. The van der Waals surface area contributed by atoms with Crippen molar-refractivity contribution in [2.24, 2.45) is 11.8 Å². The summed E-state index contributed by atoms with van der Waals surface area (Å²) < 4.78 is 0. The van der Waals surface area contributed by atoms with Crippen LogP contribution in [0.2, 0.25) is 0 Å². The van der Waals surface area contributed by atoms with Crippen LogP contribution >= 0.6 is 0 Å². The quantitative estimate of drug-likeness (QED) is 0.742. The smallest absolute Gasteiger partial charge is 0.249 e. The Hall–Kier alpha value is -0.830. The number of carbonyl (C=O) groups excluding carboxylic acids is 1. The Kier molecular flexibility index (Phi) is 3.30. The summed E-state index contributed by atoms with van der Waals surface area (Å²) in [6.45, 7) is 11.5. The van der Waals surface area contributed by atoms with E-state index in [0.717, 1.165) is 31.6 Å². The largest absolute Gasteiger partial charge is 0.333 e. The summed E-state index contributed by atoms with van der Waals surface area (Å²) in [6.07, 6.45) is 2.96. The van der Waals surface area contributed by atoms with Gasteiger partial charge in [0.2, 0.25) is 5.91 Å². The Morgan fingerprint density at radius 2 is 2.18 bits per heavy atom. The number of hydrogen-bond acceptors (Lipinski definition) is 2. The Labute approximate surface area is 104 Å². The van der Waals surface area contributed by atoms with E-state index in [4.69, 9.17) is 0 Å². The molecule has 2 atom stereocenters. The van der Waals surface area contributed by atoms with Gasteiger partial charge in [-0.2, -0.15) is 0 Å². The highest BCUT2D eigenvalue weighted by molar-refractivity contribution is 5.93. The van der Waals surface area contributed by atoms with Gasteiger partial charge in [0.1, 0.15) is 0 Å². The molecule has 0 aromatic rings. The molecule has 0 spiro atoms. The third-order valence-electron chi connectivity index (χ3n) is 4.45. The average molecular weight is 236 g/mol. The highest BCUT2D eigenvalue weighted by Gasteiger charge is 2.51. The van der Waals surface area contributed by atoms with Crippen molar-refractivity contribution >= 4 is 5.91 Å². The lowest BCUT2D eigenvalue weighted by atomic mass is 9.84. The first-order chi connectivity index (χ1) is 7.98. The SMILES string of the molecule is CCC=C(C)C(=O)N1CC2CNCC2C1(C)C. The molecule has 2 heterocycles. The number of likely N-dealkylation sites (tertiary alicyclic amines) is 1. The van der Waals surface area contributed by atoms with Crippen molar-refractivity contribution in [2.75, 3.05) is 19.6 Å². The molecule has 2 unspecified atom stereocenters. The minimum absolute atomic E-state index is 0.00586. The molecule has 0 radical (unpaired) electrons. The molecule has 0 aliphatic carbocycles. The normalized spacial score (nSPS) is 31.8. The lowest BCUT2D eigenvalue weighted by Crippen LogP contribution is -2.47. The van der Waals surface area contributed by atoms with E-state index in [1.54, 1.807) is 0 Å². The highest BCUT2D eigenvalue weighted by Crippen LogP contribution is 2.41. The number of carbonyl (C=O) groups is 1. The minimum atomic E-state index is -0.00586. The molecule has 2 saturated heterocycles. The predicted molar refractivity (Wildman–Crippen MR) is 69.7 cm³/mol. The van der Waals surface area contributed by atoms with Crippen LogP contribution in [0.1, 0.15) is 34.1 Å². The van der Waals surface area contributed by atoms with Crippen LogP contribution in [-0.4, -0.2) is 36.0 Å². The van der Waals surface area contributed by atoms with Gasteiger partial charge in [-0.05, 0) is 39.0 Å². The number of allylic oxidation sites excluding steroid dienone is 1. The summed E-state index contributed by atoms with van der Waals surface area (Å²) in [5, 5.41) is 3.44. The lowest BCUT2D eigenvalue weighted by molar-refractivity contribution is -0.130. The second-order valence-electron chi connectivity index (χ2n) is 5.89. The zero-order valence-electron chi connectivity index (χ0n) is 11.4. The fourth-order valence-corrected chi connectivity index (χ4v) is 3.37. The fraction of sp³-hybridized carbons (Fsp3) is 0.786. The molecule has 2 aliphatic rings. The van der Waals surface area contributed by atoms with E-state index in [0.29, 0.717) is 11.8 Å². The summed E-state index contributed by atoms with van der Waals surface area (Å²) >= 11 is 0. The lowest BCUT2D eigenvalue weighted by Gasteiger charge is -2.35. The van der Waals surface area contributed by atoms with E-state index in [2.05, 4.69) is 31.0 Å². The second kappa shape index (κ2) is 4.45. The van der Waals surface area contributed by atoms with Crippen molar-refractivity contribution in [3.05, 3.63) is 11.6 Å². The van der Waals surface area contributed by atoms with Crippen LogP contribution in [0, 0.1) is 11.8 Å². The van der Waals surface area contributed by atoms with Crippen LogP contribution in [0.5, 0.6) is 0 Å². The van der Waals surface area contributed by atoms with Crippen LogP contribution < -0.4 is 5.32 Å². The molecule has 0 aromatic heterocycles. The Balaban J connectivity index is 2.18. The molecule has 1 N–H and O–H groups in total. The summed E-state index contributed by atoms with van der Waals surface area (Å²) in [5.74, 6) is 1.48. The molecule has 0 saturated carbocycles. The van der Waals surface area contributed by atoms with Crippen LogP contribution in [0.3, 0.4) is 0 Å². The maximum Gasteiger partial charge on any atom is 0.249 e. The van der Waals surface area contributed by atoms with Crippen molar-refractivity contribution < 1.29 is 4.79 Å². The number of nitrogens with one attached hydrogen (secondary N) is 1. The third kappa shape index (κ3) is 2.01. The van der Waals surface area contributed by atoms with Crippen molar-refractivity contribution in [1.29, 1.82) is 0 Å². The molecule has 2 rings (SSSR count). The summed E-state index contributed by atoms with van der Waals surface area (Å²) in [7, 11) is 0. The molecular formula is C14H24N2O. The van der Waals surface area contributed by atoms with E-state index < -0.39 is 0 Å². The van der Waals surface area contributed by atoms with Crippen LogP contribution in [0.4, 0.5) is 0 Å². The molecule has 3 nitrogen and oxygen atoms in total. The molecule has 17 heavy (non-hydrogen) atoms. The first kappa shape index (κ1) is 12.6.